The molecule has 0 saturated heterocycles. The van der Waals surface area contributed by atoms with E-state index in [1.54, 1.807) is 19.9 Å². The number of carbonyl (C=O) groups is 1. The fourth-order valence-electron chi connectivity index (χ4n) is 1.67. The first-order valence-corrected chi connectivity index (χ1v) is 6.25. The highest BCUT2D eigenvalue weighted by molar-refractivity contribution is 5.79. The number of hydrogen-bond acceptors (Lipinski definition) is 5. The Morgan fingerprint density at radius 3 is 2.48 bits per heavy atom. The summed E-state index contributed by atoms with van der Waals surface area (Å²) in [5.74, 6) is -0.256. The smallest absolute Gasteiger partial charge is 0.387 e. The Balaban J connectivity index is 2.83. The number of nitrogens with one attached hydrogen (secondary N) is 1. The second-order valence-corrected chi connectivity index (χ2v) is 4.83. The van der Waals surface area contributed by atoms with Crippen LogP contribution in [0.25, 0.3) is 0 Å². The number of halogens is 2. The molecule has 1 N–H and O–H groups in total. The van der Waals surface area contributed by atoms with Crippen molar-refractivity contribution in [1.82, 2.24) is 5.32 Å². The Hall–Kier alpha value is -1.89. The Bertz CT molecular complexity index is 492. The normalized spacial score (nSPS) is 11.4. The number of methoxy groups -OCH3 is 2. The Morgan fingerprint density at radius 1 is 1.29 bits per heavy atom. The van der Waals surface area contributed by atoms with Crippen molar-refractivity contribution in [3.05, 3.63) is 23.8 Å². The molecule has 0 unspecified atom stereocenters. The van der Waals surface area contributed by atoms with Crippen molar-refractivity contribution in [1.29, 1.82) is 0 Å². The predicted octanol–water partition coefficient (Wildman–Crippen LogP) is 2.34. The predicted molar refractivity (Wildman–Crippen MR) is 72.6 cm³/mol. The van der Waals surface area contributed by atoms with Crippen LogP contribution in [0, 0.1) is 0 Å². The van der Waals surface area contributed by atoms with Crippen molar-refractivity contribution in [2.24, 2.45) is 0 Å². The van der Waals surface area contributed by atoms with Gasteiger partial charge < -0.3 is 14.2 Å². The molecule has 0 aliphatic carbocycles. The third-order valence-electron chi connectivity index (χ3n) is 2.87. The van der Waals surface area contributed by atoms with E-state index in [0.717, 1.165) is 0 Å². The SMILES string of the molecule is COC(=O)C(C)(C)NCc1ccc(OC)c(OC(F)F)c1. The van der Waals surface area contributed by atoms with Gasteiger partial charge in [-0.05, 0) is 31.5 Å². The number of ether oxygens (including phenoxy) is 3. The van der Waals surface area contributed by atoms with Gasteiger partial charge in [0.2, 0.25) is 0 Å². The minimum atomic E-state index is -2.94. The molecule has 21 heavy (non-hydrogen) atoms. The average Bonchev–Trinajstić information content (AvgIpc) is 2.43. The lowest BCUT2D eigenvalue weighted by molar-refractivity contribution is -0.147. The molecular weight excluding hydrogens is 284 g/mol. The van der Waals surface area contributed by atoms with Crippen LogP contribution in [0.3, 0.4) is 0 Å². The lowest BCUT2D eigenvalue weighted by Crippen LogP contribution is -2.46. The molecule has 0 bridgehead atoms. The largest absolute Gasteiger partial charge is 0.493 e. The van der Waals surface area contributed by atoms with E-state index >= 15 is 0 Å². The van der Waals surface area contributed by atoms with Gasteiger partial charge in [0.05, 0.1) is 14.2 Å². The summed E-state index contributed by atoms with van der Waals surface area (Å²) in [6.45, 7) is 0.678. The van der Waals surface area contributed by atoms with E-state index in [0.29, 0.717) is 5.56 Å². The molecule has 0 radical (unpaired) electrons. The first kappa shape index (κ1) is 17.2. The van der Waals surface area contributed by atoms with E-state index in [1.807, 2.05) is 0 Å². The van der Waals surface area contributed by atoms with Gasteiger partial charge in [0.15, 0.2) is 11.5 Å². The zero-order valence-electron chi connectivity index (χ0n) is 12.4. The van der Waals surface area contributed by atoms with Crippen LogP contribution >= 0.6 is 0 Å². The van der Waals surface area contributed by atoms with Gasteiger partial charge in [0, 0.05) is 6.54 Å². The molecule has 1 aromatic rings. The average molecular weight is 303 g/mol. The highest BCUT2D eigenvalue weighted by Gasteiger charge is 2.27. The van der Waals surface area contributed by atoms with Gasteiger partial charge in [-0.3, -0.25) is 10.1 Å². The zero-order valence-corrected chi connectivity index (χ0v) is 12.4. The van der Waals surface area contributed by atoms with Gasteiger partial charge in [-0.2, -0.15) is 8.78 Å². The molecule has 0 fully saturated rings. The summed E-state index contributed by atoms with van der Waals surface area (Å²) < 4.78 is 38.7. The molecule has 5 nitrogen and oxygen atoms in total. The summed E-state index contributed by atoms with van der Waals surface area (Å²) in [7, 11) is 2.67. The lowest BCUT2D eigenvalue weighted by Gasteiger charge is -2.23. The lowest BCUT2D eigenvalue weighted by atomic mass is 10.1. The van der Waals surface area contributed by atoms with Gasteiger partial charge in [-0.25, -0.2) is 0 Å². The van der Waals surface area contributed by atoms with Crippen LogP contribution in [0.2, 0.25) is 0 Å². The summed E-state index contributed by atoms with van der Waals surface area (Å²) in [6, 6.07) is 4.66. The van der Waals surface area contributed by atoms with Crippen molar-refractivity contribution in [3.63, 3.8) is 0 Å². The molecule has 1 aromatic carbocycles. The standard InChI is InChI=1S/C14H19F2NO4/c1-14(2,12(18)20-4)17-8-9-5-6-10(19-3)11(7-9)21-13(15)16/h5-7,13,17H,8H2,1-4H3. The van der Waals surface area contributed by atoms with Gasteiger partial charge >= 0.3 is 12.6 Å². The third kappa shape index (κ3) is 4.86. The minimum Gasteiger partial charge on any atom is -0.493 e. The molecule has 0 aromatic heterocycles. The Kier molecular flexibility index (Phi) is 5.90. The highest BCUT2D eigenvalue weighted by Crippen LogP contribution is 2.29. The first-order valence-electron chi connectivity index (χ1n) is 6.25. The maximum Gasteiger partial charge on any atom is 0.387 e. The van der Waals surface area contributed by atoms with Crippen LogP contribution in [0.1, 0.15) is 19.4 Å². The van der Waals surface area contributed by atoms with Crippen LogP contribution < -0.4 is 14.8 Å². The van der Waals surface area contributed by atoms with E-state index in [4.69, 9.17) is 4.74 Å². The van der Waals surface area contributed by atoms with Gasteiger partial charge in [0.25, 0.3) is 0 Å². The van der Waals surface area contributed by atoms with Crippen LogP contribution in [0.15, 0.2) is 18.2 Å². The van der Waals surface area contributed by atoms with Crippen LogP contribution in [-0.2, 0) is 16.1 Å². The van der Waals surface area contributed by atoms with E-state index in [2.05, 4.69) is 14.8 Å². The zero-order chi connectivity index (χ0) is 16.0. The summed E-state index contributed by atoms with van der Waals surface area (Å²) in [5.41, 5.74) is -0.221. The van der Waals surface area contributed by atoms with Gasteiger partial charge in [-0.15, -0.1) is 0 Å². The summed E-state index contributed by atoms with van der Waals surface area (Å²) >= 11 is 0. The molecule has 1 rings (SSSR count). The molecule has 7 heteroatoms. The maximum atomic E-state index is 12.3. The van der Waals surface area contributed by atoms with Crippen LogP contribution in [-0.4, -0.2) is 32.3 Å². The molecular formula is C14H19F2NO4. The Morgan fingerprint density at radius 2 is 1.95 bits per heavy atom. The molecule has 0 saturated carbocycles. The quantitative estimate of drug-likeness (QED) is 0.784. The second-order valence-electron chi connectivity index (χ2n) is 4.83. The molecule has 0 amide bonds. The minimum absolute atomic E-state index is 0.0531. The first-order chi connectivity index (χ1) is 9.80. The molecule has 0 atom stereocenters. The van der Waals surface area contributed by atoms with Crippen molar-refractivity contribution >= 4 is 5.97 Å². The fraction of sp³-hybridized carbons (Fsp3) is 0.500. The summed E-state index contributed by atoms with van der Waals surface area (Å²) in [6.07, 6.45) is 0. The molecule has 0 aliphatic rings. The van der Waals surface area contributed by atoms with Gasteiger partial charge in [-0.1, -0.05) is 6.07 Å². The maximum absolute atomic E-state index is 12.3. The number of benzene rings is 1. The molecule has 0 aliphatic heterocycles. The van der Waals surface area contributed by atoms with E-state index in [9.17, 15) is 13.6 Å². The van der Waals surface area contributed by atoms with Crippen molar-refractivity contribution in [2.45, 2.75) is 32.5 Å². The number of carbonyl (C=O) groups excluding carboxylic acids is 1. The fourth-order valence-corrected chi connectivity index (χ4v) is 1.67. The monoisotopic (exact) mass is 303 g/mol. The third-order valence-corrected chi connectivity index (χ3v) is 2.87. The van der Waals surface area contributed by atoms with E-state index in [1.165, 1.54) is 26.4 Å². The topological polar surface area (TPSA) is 56.8 Å². The summed E-state index contributed by atoms with van der Waals surface area (Å²) in [4.78, 5) is 11.5. The number of hydrogen-bond donors (Lipinski definition) is 1. The second kappa shape index (κ2) is 7.21. The van der Waals surface area contributed by atoms with Crippen LogP contribution in [0.4, 0.5) is 8.78 Å². The molecule has 118 valence electrons. The van der Waals surface area contributed by atoms with Crippen LogP contribution in [0.5, 0.6) is 11.5 Å². The van der Waals surface area contributed by atoms with E-state index in [-0.39, 0.29) is 18.0 Å². The van der Waals surface area contributed by atoms with E-state index < -0.39 is 18.1 Å². The number of esters is 1. The van der Waals surface area contributed by atoms with Gasteiger partial charge in [0.1, 0.15) is 5.54 Å². The summed E-state index contributed by atoms with van der Waals surface area (Å²) in [5, 5.41) is 2.99. The number of alkyl halides is 2. The highest BCUT2D eigenvalue weighted by atomic mass is 19.3. The molecule has 0 heterocycles. The van der Waals surface area contributed by atoms with Crippen molar-refractivity contribution < 1.29 is 27.8 Å². The Labute approximate surface area is 122 Å². The van der Waals surface area contributed by atoms with Crippen molar-refractivity contribution in [3.8, 4) is 11.5 Å². The molecule has 0 spiro atoms. The van der Waals surface area contributed by atoms with Crippen molar-refractivity contribution in [2.75, 3.05) is 14.2 Å². The number of rotatable bonds is 7.